The predicted molar refractivity (Wildman–Crippen MR) is 99.7 cm³/mol. The number of hydrogen-bond donors (Lipinski definition) is 1. The average Bonchev–Trinajstić information content (AvgIpc) is 2.61. The topological polar surface area (TPSA) is 66.5 Å². The highest BCUT2D eigenvalue weighted by Crippen LogP contribution is 2.32. The number of nitrogens with zero attached hydrogens (tertiary/aromatic N) is 1. The van der Waals surface area contributed by atoms with E-state index in [0.29, 0.717) is 12.2 Å². The van der Waals surface area contributed by atoms with E-state index >= 15 is 0 Å². The van der Waals surface area contributed by atoms with E-state index in [1.807, 2.05) is 24.3 Å². The molecule has 0 saturated carbocycles. The molecule has 1 aliphatic rings. The smallest absolute Gasteiger partial charge is 0.264 e. The lowest BCUT2D eigenvalue weighted by atomic mass is 10.0. The number of amides is 1. The van der Waals surface area contributed by atoms with Gasteiger partial charge in [0.2, 0.25) is 5.91 Å². The molecule has 0 aliphatic carbocycles. The number of aryl methyl sites for hydroxylation is 1. The van der Waals surface area contributed by atoms with Crippen LogP contribution in [0.5, 0.6) is 0 Å². The molecule has 0 bridgehead atoms. The van der Waals surface area contributed by atoms with Gasteiger partial charge in [0.05, 0.1) is 10.6 Å². The summed E-state index contributed by atoms with van der Waals surface area (Å²) in [6.07, 6.45) is 1.67. The number of para-hydroxylation sites is 1. The highest BCUT2D eigenvalue weighted by molar-refractivity contribution is 7.92. The van der Waals surface area contributed by atoms with Crippen LogP contribution in [0.15, 0.2) is 53.4 Å². The molecule has 1 atom stereocenters. The first kappa shape index (κ1) is 17.8. The summed E-state index contributed by atoms with van der Waals surface area (Å²) in [6.45, 7) is 2.03. The Morgan fingerprint density at radius 1 is 1.16 bits per heavy atom. The largest absolute Gasteiger partial charge is 0.325 e. The number of benzene rings is 2. The molecule has 1 unspecified atom stereocenters. The van der Waals surface area contributed by atoms with Crippen LogP contribution >= 0.6 is 11.6 Å². The summed E-state index contributed by atoms with van der Waals surface area (Å²) in [5.41, 5.74) is 2.29. The van der Waals surface area contributed by atoms with Crippen LogP contribution < -0.4 is 9.62 Å². The van der Waals surface area contributed by atoms with Crippen molar-refractivity contribution >= 4 is 38.9 Å². The molecule has 5 nitrogen and oxygen atoms in total. The van der Waals surface area contributed by atoms with Crippen LogP contribution in [0.3, 0.4) is 0 Å². The molecule has 0 spiro atoms. The fourth-order valence-electron chi connectivity index (χ4n) is 2.83. The number of carbonyl (C=O) groups is 1. The molecule has 0 fully saturated rings. The second-order valence-electron chi connectivity index (χ2n) is 5.94. The Labute approximate surface area is 152 Å². The fourth-order valence-corrected chi connectivity index (χ4v) is 4.42. The Morgan fingerprint density at radius 2 is 1.84 bits per heavy atom. The molecular weight excluding hydrogens is 360 g/mol. The first-order valence-corrected chi connectivity index (χ1v) is 9.93. The molecule has 1 heterocycles. The number of hydrogen-bond acceptors (Lipinski definition) is 3. The van der Waals surface area contributed by atoms with Crippen molar-refractivity contribution in [3.63, 3.8) is 0 Å². The van der Waals surface area contributed by atoms with Gasteiger partial charge in [-0.3, -0.25) is 9.10 Å². The summed E-state index contributed by atoms with van der Waals surface area (Å²) in [5, 5.41) is 1.98. The Kier molecular flexibility index (Phi) is 5.01. The van der Waals surface area contributed by atoms with Gasteiger partial charge in [-0.1, -0.05) is 18.2 Å². The highest BCUT2D eigenvalue weighted by atomic mass is 35.5. The number of sulfonamides is 1. The molecule has 132 valence electrons. The summed E-state index contributed by atoms with van der Waals surface area (Å²) in [5.74, 6) is -0.331. The van der Waals surface area contributed by atoms with Crippen molar-refractivity contribution in [1.82, 2.24) is 0 Å². The van der Waals surface area contributed by atoms with Gasteiger partial charge < -0.3 is 5.32 Å². The van der Waals surface area contributed by atoms with Gasteiger partial charge in [0, 0.05) is 12.2 Å². The van der Waals surface area contributed by atoms with Crippen molar-refractivity contribution in [3.8, 4) is 0 Å². The molecule has 0 saturated heterocycles. The standard InChI is InChI=1S/C18H19ClN2O3S/c1-13(19)18(22)20-15-8-10-16(11-9-15)25(23,24)21-12-4-6-14-5-2-3-7-17(14)21/h2-3,5,7-11,13H,4,6,12H2,1H3,(H,20,22). The molecule has 7 heteroatoms. The van der Waals surface area contributed by atoms with Crippen molar-refractivity contribution in [1.29, 1.82) is 0 Å². The minimum Gasteiger partial charge on any atom is -0.325 e. The first-order chi connectivity index (χ1) is 11.9. The molecule has 1 N–H and O–H groups in total. The normalized spacial score (nSPS) is 15.4. The van der Waals surface area contributed by atoms with Crippen LogP contribution in [0.2, 0.25) is 0 Å². The van der Waals surface area contributed by atoms with E-state index in [1.165, 1.54) is 16.4 Å². The van der Waals surface area contributed by atoms with Crippen molar-refractivity contribution in [2.75, 3.05) is 16.2 Å². The van der Waals surface area contributed by atoms with Crippen LogP contribution in [0.25, 0.3) is 0 Å². The predicted octanol–water partition coefficient (Wildman–Crippen LogP) is 3.39. The molecule has 1 amide bonds. The van der Waals surface area contributed by atoms with Crippen molar-refractivity contribution < 1.29 is 13.2 Å². The number of halogens is 1. The molecule has 2 aromatic carbocycles. The summed E-state index contributed by atoms with van der Waals surface area (Å²) in [6, 6.07) is 13.7. The minimum atomic E-state index is -3.64. The van der Waals surface area contributed by atoms with E-state index in [4.69, 9.17) is 11.6 Å². The van der Waals surface area contributed by atoms with Crippen LogP contribution in [0.4, 0.5) is 11.4 Å². The molecule has 0 aromatic heterocycles. The maximum atomic E-state index is 13.0. The number of carbonyl (C=O) groups excluding carboxylic acids is 1. The summed E-state index contributed by atoms with van der Waals surface area (Å²) < 4.78 is 27.5. The van der Waals surface area contributed by atoms with Gasteiger partial charge in [-0.15, -0.1) is 11.6 Å². The van der Waals surface area contributed by atoms with E-state index in [0.717, 1.165) is 24.1 Å². The molecule has 0 radical (unpaired) electrons. The van der Waals surface area contributed by atoms with Gasteiger partial charge in [-0.2, -0.15) is 0 Å². The average molecular weight is 379 g/mol. The van der Waals surface area contributed by atoms with Crippen LogP contribution in [0.1, 0.15) is 18.9 Å². The second-order valence-corrected chi connectivity index (χ2v) is 8.46. The quantitative estimate of drug-likeness (QED) is 0.829. The Hall–Kier alpha value is -2.05. The van der Waals surface area contributed by atoms with Crippen LogP contribution in [-0.4, -0.2) is 26.2 Å². The van der Waals surface area contributed by atoms with Gasteiger partial charge in [0.1, 0.15) is 5.38 Å². The third-order valence-electron chi connectivity index (χ3n) is 4.14. The minimum absolute atomic E-state index is 0.195. The molecule has 1 aliphatic heterocycles. The number of rotatable bonds is 4. The third kappa shape index (κ3) is 3.65. The Bertz CT molecular complexity index is 879. The first-order valence-electron chi connectivity index (χ1n) is 8.05. The fraction of sp³-hybridized carbons (Fsp3) is 0.278. The van der Waals surface area contributed by atoms with Gasteiger partial charge in [-0.25, -0.2) is 8.42 Å². The second kappa shape index (κ2) is 7.06. The van der Waals surface area contributed by atoms with E-state index in [-0.39, 0.29) is 10.8 Å². The zero-order valence-electron chi connectivity index (χ0n) is 13.8. The maximum Gasteiger partial charge on any atom is 0.264 e. The third-order valence-corrected chi connectivity index (χ3v) is 6.16. The lowest BCUT2D eigenvalue weighted by Crippen LogP contribution is -2.35. The molecule has 2 aromatic rings. The zero-order chi connectivity index (χ0) is 18.0. The summed E-state index contributed by atoms with van der Waals surface area (Å²) >= 11 is 5.72. The molecule has 3 rings (SSSR count). The maximum absolute atomic E-state index is 13.0. The number of anilines is 2. The van der Waals surface area contributed by atoms with Crippen LogP contribution in [-0.2, 0) is 21.2 Å². The van der Waals surface area contributed by atoms with E-state index in [9.17, 15) is 13.2 Å². The number of nitrogens with one attached hydrogen (secondary N) is 1. The van der Waals surface area contributed by atoms with Gasteiger partial charge in [0.15, 0.2) is 0 Å². The number of fused-ring (bicyclic) bond motifs is 1. The van der Waals surface area contributed by atoms with Crippen molar-refractivity contribution in [2.24, 2.45) is 0 Å². The molecular formula is C18H19ClN2O3S. The van der Waals surface area contributed by atoms with Gasteiger partial charge >= 0.3 is 0 Å². The van der Waals surface area contributed by atoms with Crippen molar-refractivity contribution in [3.05, 3.63) is 54.1 Å². The molecule has 25 heavy (non-hydrogen) atoms. The van der Waals surface area contributed by atoms with Crippen molar-refractivity contribution in [2.45, 2.75) is 30.0 Å². The van der Waals surface area contributed by atoms with E-state index in [1.54, 1.807) is 19.1 Å². The summed E-state index contributed by atoms with van der Waals surface area (Å²) in [7, 11) is -3.64. The van der Waals surface area contributed by atoms with Gasteiger partial charge in [-0.05, 0) is 55.7 Å². The highest BCUT2D eigenvalue weighted by Gasteiger charge is 2.28. The lowest BCUT2D eigenvalue weighted by Gasteiger charge is -2.30. The van der Waals surface area contributed by atoms with E-state index in [2.05, 4.69) is 5.32 Å². The monoisotopic (exact) mass is 378 g/mol. The zero-order valence-corrected chi connectivity index (χ0v) is 15.3. The van der Waals surface area contributed by atoms with Crippen LogP contribution in [0, 0.1) is 0 Å². The number of alkyl halides is 1. The van der Waals surface area contributed by atoms with Gasteiger partial charge in [0.25, 0.3) is 10.0 Å². The SMILES string of the molecule is CC(Cl)C(=O)Nc1ccc(S(=O)(=O)N2CCCc3ccccc32)cc1. The van der Waals surface area contributed by atoms with E-state index < -0.39 is 15.4 Å². The Morgan fingerprint density at radius 3 is 2.52 bits per heavy atom. The lowest BCUT2D eigenvalue weighted by molar-refractivity contribution is -0.115. The Balaban J connectivity index is 1.88. The summed E-state index contributed by atoms with van der Waals surface area (Å²) in [4.78, 5) is 11.8.